The quantitative estimate of drug-likeness (QED) is 0.502. The number of pyridine rings is 1. The maximum atomic E-state index is 13.1. The highest BCUT2D eigenvalue weighted by molar-refractivity contribution is 6.02. The van der Waals surface area contributed by atoms with Crippen LogP contribution in [0.1, 0.15) is 5.56 Å². The summed E-state index contributed by atoms with van der Waals surface area (Å²) < 4.78 is 11.9. The highest BCUT2D eigenvalue weighted by atomic mass is 16.5. The molecule has 0 unspecified atom stereocenters. The van der Waals surface area contributed by atoms with Crippen molar-refractivity contribution in [2.75, 3.05) is 14.2 Å². The SMILES string of the molecule is COc1ccc(N=Cc2c(O)n(-c3ccccc3)c(=O)c3ccccc23)cc1OC. The fourth-order valence-corrected chi connectivity index (χ4v) is 3.35. The first-order chi connectivity index (χ1) is 14.6. The third kappa shape index (κ3) is 3.39. The number of aromatic nitrogens is 1. The Kier molecular flexibility index (Phi) is 5.22. The third-order valence-electron chi connectivity index (χ3n) is 4.83. The molecule has 0 aliphatic heterocycles. The van der Waals surface area contributed by atoms with Crippen LogP contribution in [0.5, 0.6) is 17.4 Å². The Labute approximate surface area is 173 Å². The third-order valence-corrected chi connectivity index (χ3v) is 4.83. The minimum atomic E-state index is -0.294. The summed E-state index contributed by atoms with van der Waals surface area (Å²) in [4.78, 5) is 17.6. The Morgan fingerprint density at radius 3 is 2.23 bits per heavy atom. The first kappa shape index (κ1) is 19.3. The largest absolute Gasteiger partial charge is 0.494 e. The van der Waals surface area contributed by atoms with Gasteiger partial charge in [-0.05, 0) is 30.3 Å². The van der Waals surface area contributed by atoms with Crippen molar-refractivity contribution in [1.82, 2.24) is 4.57 Å². The van der Waals surface area contributed by atoms with E-state index in [0.717, 1.165) is 0 Å². The predicted octanol–water partition coefficient (Wildman–Crippen LogP) is 4.46. The molecule has 0 spiro atoms. The van der Waals surface area contributed by atoms with Gasteiger partial charge < -0.3 is 14.6 Å². The van der Waals surface area contributed by atoms with Gasteiger partial charge >= 0.3 is 0 Å². The van der Waals surface area contributed by atoms with Crippen LogP contribution in [0.3, 0.4) is 0 Å². The number of methoxy groups -OCH3 is 2. The molecule has 0 saturated carbocycles. The Balaban J connectivity index is 1.91. The van der Waals surface area contributed by atoms with E-state index in [1.165, 1.54) is 4.57 Å². The molecule has 4 rings (SSSR count). The summed E-state index contributed by atoms with van der Waals surface area (Å²) in [5.74, 6) is 0.979. The number of fused-ring (bicyclic) bond motifs is 1. The molecule has 0 amide bonds. The van der Waals surface area contributed by atoms with Crippen LogP contribution in [0.4, 0.5) is 5.69 Å². The molecule has 1 heterocycles. The molecule has 1 aromatic heterocycles. The van der Waals surface area contributed by atoms with E-state index in [9.17, 15) is 9.90 Å². The van der Waals surface area contributed by atoms with Crippen LogP contribution in [0.15, 0.2) is 82.6 Å². The van der Waals surface area contributed by atoms with Gasteiger partial charge in [-0.15, -0.1) is 0 Å². The van der Waals surface area contributed by atoms with Crippen LogP contribution in [-0.4, -0.2) is 30.1 Å². The average molecular weight is 400 g/mol. The maximum Gasteiger partial charge on any atom is 0.265 e. The molecule has 6 nitrogen and oxygen atoms in total. The number of ether oxygens (including phenoxy) is 2. The van der Waals surface area contributed by atoms with Gasteiger partial charge in [-0.1, -0.05) is 36.4 Å². The average Bonchev–Trinajstić information content (AvgIpc) is 2.79. The van der Waals surface area contributed by atoms with Crippen LogP contribution < -0.4 is 15.0 Å². The van der Waals surface area contributed by atoms with Gasteiger partial charge in [-0.25, -0.2) is 4.57 Å². The molecular weight excluding hydrogens is 380 g/mol. The fraction of sp³-hybridized carbons (Fsp3) is 0.0833. The van der Waals surface area contributed by atoms with E-state index in [1.807, 2.05) is 24.3 Å². The molecule has 0 fully saturated rings. The Morgan fingerprint density at radius 2 is 1.53 bits per heavy atom. The number of hydrogen-bond acceptors (Lipinski definition) is 5. The summed E-state index contributed by atoms with van der Waals surface area (Å²) >= 11 is 0. The molecule has 3 aromatic carbocycles. The van der Waals surface area contributed by atoms with Crippen molar-refractivity contribution in [1.29, 1.82) is 0 Å². The molecule has 0 bridgehead atoms. The Hall–Kier alpha value is -4.06. The molecule has 0 radical (unpaired) electrons. The second kappa shape index (κ2) is 8.13. The summed E-state index contributed by atoms with van der Waals surface area (Å²) in [6, 6.07) is 21.4. The van der Waals surface area contributed by atoms with E-state index in [2.05, 4.69) is 4.99 Å². The van der Waals surface area contributed by atoms with Gasteiger partial charge in [0, 0.05) is 23.1 Å². The predicted molar refractivity (Wildman–Crippen MR) is 118 cm³/mol. The summed E-state index contributed by atoms with van der Waals surface area (Å²) in [7, 11) is 3.12. The van der Waals surface area contributed by atoms with Crippen molar-refractivity contribution < 1.29 is 14.6 Å². The molecule has 30 heavy (non-hydrogen) atoms. The number of benzene rings is 3. The first-order valence-corrected chi connectivity index (χ1v) is 9.32. The van der Waals surface area contributed by atoms with E-state index >= 15 is 0 Å². The number of para-hydroxylation sites is 1. The monoisotopic (exact) mass is 400 g/mol. The maximum absolute atomic E-state index is 13.1. The number of nitrogens with zero attached hydrogens (tertiary/aromatic N) is 2. The van der Waals surface area contributed by atoms with Gasteiger partial charge in [0.05, 0.1) is 31.2 Å². The van der Waals surface area contributed by atoms with Gasteiger partial charge in [0.1, 0.15) is 0 Å². The first-order valence-electron chi connectivity index (χ1n) is 9.32. The van der Waals surface area contributed by atoms with Crippen molar-refractivity contribution in [2.45, 2.75) is 0 Å². The summed E-state index contributed by atoms with van der Waals surface area (Å²) in [6.07, 6.45) is 1.55. The van der Waals surface area contributed by atoms with Crippen LogP contribution in [0, 0.1) is 0 Å². The fourth-order valence-electron chi connectivity index (χ4n) is 3.35. The smallest absolute Gasteiger partial charge is 0.265 e. The topological polar surface area (TPSA) is 73.0 Å². The second-order valence-corrected chi connectivity index (χ2v) is 6.56. The normalized spacial score (nSPS) is 11.1. The zero-order chi connectivity index (χ0) is 21.1. The summed E-state index contributed by atoms with van der Waals surface area (Å²) in [5.41, 5.74) is 1.35. The van der Waals surface area contributed by atoms with E-state index in [4.69, 9.17) is 9.47 Å². The van der Waals surface area contributed by atoms with Crippen LogP contribution in [0.2, 0.25) is 0 Å². The lowest BCUT2D eigenvalue weighted by molar-refractivity contribution is 0.355. The van der Waals surface area contributed by atoms with E-state index < -0.39 is 0 Å². The number of aliphatic imine (C=N–C) groups is 1. The Morgan fingerprint density at radius 1 is 0.867 bits per heavy atom. The second-order valence-electron chi connectivity index (χ2n) is 6.56. The highest BCUT2D eigenvalue weighted by Gasteiger charge is 2.16. The lowest BCUT2D eigenvalue weighted by Gasteiger charge is -2.13. The molecule has 0 atom stereocenters. The number of rotatable bonds is 5. The van der Waals surface area contributed by atoms with Gasteiger partial charge in [0.15, 0.2) is 11.5 Å². The lowest BCUT2D eigenvalue weighted by atomic mass is 10.1. The zero-order valence-electron chi connectivity index (χ0n) is 16.6. The molecular formula is C24H20N2O4. The number of aromatic hydroxyl groups is 1. The molecule has 0 aliphatic rings. The molecule has 1 N–H and O–H groups in total. The van der Waals surface area contributed by atoms with Crippen molar-refractivity contribution in [3.63, 3.8) is 0 Å². The van der Waals surface area contributed by atoms with E-state index in [0.29, 0.717) is 39.2 Å². The van der Waals surface area contributed by atoms with Crippen molar-refractivity contribution in [2.24, 2.45) is 4.99 Å². The van der Waals surface area contributed by atoms with Crippen molar-refractivity contribution in [3.05, 3.63) is 88.7 Å². The van der Waals surface area contributed by atoms with E-state index in [-0.39, 0.29) is 11.4 Å². The standard InChI is InChI=1S/C24H20N2O4/c1-29-21-13-12-16(14-22(21)30-2)25-15-20-18-10-6-7-11-19(18)23(27)26(24(20)28)17-8-4-3-5-9-17/h3-15,28H,1-2H3. The summed E-state index contributed by atoms with van der Waals surface area (Å²) in [6.45, 7) is 0. The molecule has 150 valence electrons. The van der Waals surface area contributed by atoms with Gasteiger partial charge in [0.2, 0.25) is 5.88 Å². The van der Waals surface area contributed by atoms with Crippen LogP contribution in [-0.2, 0) is 0 Å². The van der Waals surface area contributed by atoms with Gasteiger partial charge in [-0.3, -0.25) is 9.79 Å². The Bertz CT molecular complexity index is 1290. The van der Waals surface area contributed by atoms with Crippen LogP contribution >= 0.6 is 0 Å². The summed E-state index contributed by atoms with van der Waals surface area (Å²) in [5, 5.41) is 12.1. The highest BCUT2D eigenvalue weighted by Crippen LogP contribution is 2.32. The van der Waals surface area contributed by atoms with Gasteiger partial charge in [-0.2, -0.15) is 0 Å². The molecule has 4 aromatic rings. The molecule has 0 aliphatic carbocycles. The van der Waals surface area contributed by atoms with Crippen molar-refractivity contribution >= 4 is 22.7 Å². The van der Waals surface area contributed by atoms with Crippen LogP contribution in [0.25, 0.3) is 16.5 Å². The lowest BCUT2D eigenvalue weighted by Crippen LogP contribution is -2.20. The van der Waals surface area contributed by atoms with E-state index in [1.54, 1.807) is 69.0 Å². The zero-order valence-corrected chi connectivity index (χ0v) is 16.6. The van der Waals surface area contributed by atoms with Crippen molar-refractivity contribution in [3.8, 4) is 23.1 Å². The minimum absolute atomic E-state index is 0.172. The molecule has 0 saturated heterocycles. The van der Waals surface area contributed by atoms with Gasteiger partial charge in [0.25, 0.3) is 5.56 Å². The minimum Gasteiger partial charge on any atom is -0.494 e. The molecule has 6 heteroatoms. The number of hydrogen-bond donors (Lipinski definition) is 1.